The topological polar surface area (TPSA) is 33.1 Å². The monoisotopic (exact) mass is 291 g/mol. The van der Waals surface area contributed by atoms with Gasteiger partial charge in [0.2, 0.25) is 0 Å². The van der Waals surface area contributed by atoms with Crippen LogP contribution in [0.4, 0.5) is 0 Å². The average molecular weight is 291 g/mol. The molecule has 2 aromatic rings. The molecule has 0 radical (unpaired) electrons. The molecule has 0 fully saturated rings. The van der Waals surface area contributed by atoms with Gasteiger partial charge in [-0.15, -0.1) is 0 Å². The Balaban J connectivity index is 2.08. The normalized spacial score (nSPS) is 12.3. The molecule has 0 bridgehead atoms. The lowest BCUT2D eigenvalue weighted by molar-refractivity contribution is 0.300. The second-order valence-corrected chi connectivity index (χ2v) is 6.93. The van der Waals surface area contributed by atoms with Gasteiger partial charge in [0, 0.05) is 17.9 Å². The van der Waals surface area contributed by atoms with E-state index in [1.54, 1.807) is 21.6 Å². The molecular weight excluding hydrogens is 274 g/mol. The molecule has 1 N–H and O–H groups in total. The van der Waals surface area contributed by atoms with Crippen molar-refractivity contribution in [3.63, 3.8) is 0 Å². The summed E-state index contributed by atoms with van der Waals surface area (Å²) < 4.78 is 0. The molecule has 0 aliphatic rings. The molecule has 4 heteroatoms. The largest absolute Gasteiger partial charge is 0.395 e. The summed E-state index contributed by atoms with van der Waals surface area (Å²) in [6.45, 7) is 2.20. The van der Waals surface area contributed by atoms with Gasteiger partial charge in [-0.05, 0) is 28.0 Å². The Hall–Kier alpha value is -0.970. The van der Waals surface area contributed by atoms with E-state index < -0.39 is 0 Å². The van der Waals surface area contributed by atoms with E-state index in [1.165, 1.54) is 11.1 Å². The molecule has 100 valence electrons. The van der Waals surface area contributed by atoms with E-state index >= 15 is 0 Å². The van der Waals surface area contributed by atoms with Crippen LogP contribution in [0.25, 0.3) is 0 Å². The van der Waals surface area contributed by atoms with Gasteiger partial charge in [-0.2, -0.15) is 0 Å². The lowest BCUT2D eigenvalue weighted by atomic mass is 10.1. The van der Waals surface area contributed by atoms with Crippen molar-refractivity contribution in [1.29, 1.82) is 0 Å². The summed E-state index contributed by atoms with van der Waals surface area (Å²) in [5.41, 5.74) is 2.52. The standard InChI is InChI=1S/C15H17NOS2/c1-12(11-17)18-19-15-14(8-5-9-16-15)10-13-6-3-2-4-7-13/h2-9,12,17H,10-11H2,1H3/t12-/m1/s1. The van der Waals surface area contributed by atoms with E-state index in [9.17, 15) is 0 Å². The fraction of sp³-hybridized carbons (Fsp3) is 0.267. The van der Waals surface area contributed by atoms with E-state index in [-0.39, 0.29) is 11.9 Å². The summed E-state index contributed by atoms with van der Waals surface area (Å²) in [6.07, 6.45) is 2.71. The third-order valence-corrected chi connectivity index (χ3v) is 5.48. The van der Waals surface area contributed by atoms with Crippen LogP contribution in [0.2, 0.25) is 0 Å². The van der Waals surface area contributed by atoms with Crippen molar-refractivity contribution in [2.75, 3.05) is 6.61 Å². The van der Waals surface area contributed by atoms with Crippen molar-refractivity contribution in [3.8, 4) is 0 Å². The molecule has 0 aliphatic carbocycles. The minimum absolute atomic E-state index is 0.193. The number of rotatable bonds is 6. The first-order valence-electron chi connectivity index (χ1n) is 6.21. The highest BCUT2D eigenvalue weighted by atomic mass is 33.1. The number of pyridine rings is 1. The summed E-state index contributed by atoms with van der Waals surface area (Å²) in [5, 5.41) is 10.3. The molecule has 1 aromatic heterocycles. The van der Waals surface area contributed by atoms with Crippen LogP contribution in [0.5, 0.6) is 0 Å². The molecule has 0 aliphatic heterocycles. The molecule has 1 atom stereocenters. The number of aromatic nitrogens is 1. The first-order valence-corrected chi connectivity index (χ1v) is 8.43. The summed E-state index contributed by atoms with van der Waals surface area (Å²) in [5.74, 6) is 0. The van der Waals surface area contributed by atoms with E-state index in [2.05, 4.69) is 35.3 Å². The molecule has 0 unspecified atom stereocenters. The van der Waals surface area contributed by atoms with Crippen molar-refractivity contribution >= 4 is 21.6 Å². The zero-order valence-electron chi connectivity index (χ0n) is 10.8. The predicted octanol–water partition coefficient (Wildman–Crippen LogP) is 3.79. The molecule has 2 rings (SSSR count). The highest BCUT2D eigenvalue weighted by Gasteiger charge is 2.08. The van der Waals surface area contributed by atoms with Crippen molar-refractivity contribution in [2.24, 2.45) is 0 Å². The summed E-state index contributed by atoms with van der Waals surface area (Å²) in [6, 6.07) is 14.5. The van der Waals surface area contributed by atoms with Gasteiger partial charge in [0.15, 0.2) is 0 Å². The maximum Gasteiger partial charge on any atom is 0.110 e. The van der Waals surface area contributed by atoms with Crippen molar-refractivity contribution in [2.45, 2.75) is 23.6 Å². The highest BCUT2D eigenvalue weighted by Crippen LogP contribution is 2.35. The summed E-state index contributed by atoms with van der Waals surface area (Å²) >= 11 is 0. The Morgan fingerprint density at radius 2 is 1.95 bits per heavy atom. The second kappa shape index (κ2) is 7.58. The molecule has 1 aromatic carbocycles. The van der Waals surface area contributed by atoms with E-state index in [1.807, 2.05) is 25.3 Å². The van der Waals surface area contributed by atoms with E-state index in [0.29, 0.717) is 0 Å². The number of aliphatic hydroxyl groups is 1. The van der Waals surface area contributed by atoms with Crippen LogP contribution in [-0.4, -0.2) is 21.9 Å². The lowest BCUT2D eigenvalue weighted by Gasteiger charge is -2.10. The van der Waals surface area contributed by atoms with Gasteiger partial charge in [0.1, 0.15) is 5.03 Å². The molecular formula is C15H17NOS2. The minimum atomic E-state index is 0.193. The SMILES string of the molecule is C[C@H](CO)SSc1ncccc1Cc1ccccc1. The lowest BCUT2D eigenvalue weighted by Crippen LogP contribution is -2.00. The van der Waals surface area contributed by atoms with Crippen LogP contribution < -0.4 is 0 Å². The fourth-order valence-electron chi connectivity index (χ4n) is 1.61. The van der Waals surface area contributed by atoms with Gasteiger partial charge >= 0.3 is 0 Å². The number of hydrogen-bond donors (Lipinski definition) is 1. The Labute approximate surface area is 122 Å². The molecule has 0 saturated carbocycles. The number of nitrogens with zero attached hydrogens (tertiary/aromatic N) is 1. The van der Waals surface area contributed by atoms with Crippen LogP contribution >= 0.6 is 21.6 Å². The first kappa shape index (κ1) is 14.4. The van der Waals surface area contributed by atoms with Gasteiger partial charge in [-0.3, -0.25) is 0 Å². The molecule has 0 spiro atoms. The van der Waals surface area contributed by atoms with Gasteiger partial charge in [-0.1, -0.05) is 54.1 Å². The minimum Gasteiger partial charge on any atom is -0.395 e. The van der Waals surface area contributed by atoms with Gasteiger partial charge in [-0.25, -0.2) is 4.98 Å². The average Bonchev–Trinajstić information content (AvgIpc) is 2.47. The highest BCUT2D eigenvalue weighted by molar-refractivity contribution is 8.76. The third-order valence-electron chi connectivity index (χ3n) is 2.64. The third kappa shape index (κ3) is 4.56. The molecule has 19 heavy (non-hydrogen) atoms. The van der Waals surface area contributed by atoms with Crippen LogP contribution in [0.1, 0.15) is 18.1 Å². The maximum atomic E-state index is 9.06. The zero-order valence-corrected chi connectivity index (χ0v) is 12.5. The Kier molecular flexibility index (Phi) is 5.76. The molecule has 0 amide bonds. The summed E-state index contributed by atoms with van der Waals surface area (Å²) in [4.78, 5) is 4.44. The number of aliphatic hydroxyl groups excluding tert-OH is 1. The van der Waals surface area contributed by atoms with Crippen molar-refractivity contribution in [1.82, 2.24) is 4.98 Å². The molecule has 2 nitrogen and oxygen atoms in total. The van der Waals surface area contributed by atoms with Crippen LogP contribution in [0.15, 0.2) is 53.7 Å². The first-order chi connectivity index (χ1) is 9.29. The van der Waals surface area contributed by atoms with Crippen LogP contribution in [0.3, 0.4) is 0 Å². The van der Waals surface area contributed by atoms with Gasteiger partial charge < -0.3 is 5.11 Å². The van der Waals surface area contributed by atoms with Crippen LogP contribution in [0, 0.1) is 0 Å². The second-order valence-electron chi connectivity index (χ2n) is 4.30. The Bertz CT molecular complexity index is 505. The van der Waals surface area contributed by atoms with Crippen LogP contribution in [-0.2, 0) is 6.42 Å². The number of benzene rings is 1. The smallest absolute Gasteiger partial charge is 0.110 e. The quantitative estimate of drug-likeness (QED) is 0.821. The number of hydrogen-bond acceptors (Lipinski definition) is 4. The Morgan fingerprint density at radius 3 is 2.68 bits per heavy atom. The Morgan fingerprint density at radius 1 is 1.16 bits per heavy atom. The zero-order chi connectivity index (χ0) is 13.5. The molecule has 0 saturated heterocycles. The maximum absolute atomic E-state index is 9.06. The van der Waals surface area contributed by atoms with E-state index in [0.717, 1.165) is 11.4 Å². The van der Waals surface area contributed by atoms with Crippen molar-refractivity contribution < 1.29 is 5.11 Å². The van der Waals surface area contributed by atoms with Crippen molar-refractivity contribution in [3.05, 3.63) is 59.8 Å². The van der Waals surface area contributed by atoms with Gasteiger partial charge in [0.05, 0.1) is 6.61 Å². The predicted molar refractivity (Wildman–Crippen MR) is 83.5 cm³/mol. The van der Waals surface area contributed by atoms with Gasteiger partial charge in [0.25, 0.3) is 0 Å². The summed E-state index contributed by atoms with van der Waals surface area (Å²) in [7, 11) is 3.30. The fourth-order valence-corrected chi connectivity index (χ4v) is 3.67. The molecule has 1 heterocycles. The van der Waals surface area contributed by atoms with E-state index in [4.69, 9.17) is 5.11 Å².